The van der Waals surface area contributed by atoms with E-state index in [1.54, 1.807) is 0 Å². The van der Waals surface area contributed by atoms with Gasteiger partial charge in [0.25, 0.3) is 0 Å². The molecule has 9 nitrogen and oxygen atoms in total. The summed E-state index contributed by atoms with van der Waals surface area (Å²) in [5.74, 6) is -2.16. The quantitative estimate of drug-likeness (QED) is 0.403. The van der Waals surface area contributed by atoms with Crippen molar-refractivity contribution in [1.29, 1.82) is 0 Å². The molecule has 0 aliphatic rings. The number of alkyl halides is 3. The summed E-state index contributed by atoms with van der Waals surface area (Å²) >= 11 is 0. The summed E-state index contributed by atoms with van der Waals surface area (Å²) in [7, 11) is 0. The molecule has 0 unspecified atom stereocenters. The minimum atomic E-state index is -4.69. The van der Waals surface area contributed by atoms with E-state index in [9.17, 15) is 33.5 Å². The van der Waals surface area contributed by atoms with Crippen molar-refractivity contribution < 1.29 is 28.3 Å². The molecule has 0 fully saturated rings. The Bertz CT molecular complexity index is 1040. The van der Waals surface area contributed by atoms with Crippen molar-refractivity contribution in [2.24, 2.45) is 0 Å². The molecule has 0 atom stereocenters. The molecular weight excluding hydrogens is 371 g/mol. The van der Waals surface area contributed by atoms with Crippen molar-refractivity contribution in [1.82, 2.24) is 20.2 Å². The van der Waals surface area contributed by atoms with Crippen molar-refractivity contribution in [2.75, 3.05) is 0 Å². The Morgan fingerprint density at radius 3 is 2.56 bits per heavy atom. The molecule has 0 aliphatic carbocycles. The van der Waals surface area contributed by atoms with Gasteiger partial charge in [0.2, 0.25) is 5.75 Å². The van der Waals surface area contributed by atoms with E-state index in [1.807, 2.05) is 0 Å². The SMILES string of the molecule is O=[N+]([O-])c1cc(-c2cnnc(-c3cnccc3C(F)(F)F)n2)cc(O)c1O. The lowest BCUT2D eigenvalue weighted by Gasteiger charge is -2.11. The number of rotatable bonds is 3. The molecule has 1 aromatic carbocycles. The second-order valence-corrected chi connectivity index (χ2v) is 5.20. The van der Waals surface area contributed by atoms with E-state index in [1.165, 1.54) is 0 Å². The van der Waals surface area contributed by atoms with E-state index in [-0.39, 0.29) is 11.3 Å². The summed E-state index contributed by atoms with van der Waals surface area (Å²) in [6.45, 7) is 0. The van der Waals surface area contributed by atoms with Crippen LogP contribution >= 0.6 is 0 Å². The Balaban J connectivity index is 2.15. The molecule has 0 radical (unpaired) electrons. The number of benzene rings is 1. The first kappa shape index (κ1) is 18.0. The number of nitrogens with zero attached hydrogens (tertiary/aromatic N) is 5. The van der Waals surface area contributed by atoms with Gasteiger partial charge in [-0.15, -0.1) is 5.10 Å². The molecule has 27 heavy (non-hydrogen) atoms. The lowest BCUT2D eigenvalue weighted by molar-refractivity contribution is -0.385. The number of aromatic hydroxyl groups is 2. The van der Waals surface area contributed by atoms with Gasteiger partial charge >= 0.3 is 11.9 Å². The average Bonchev–Trinajstić information content (AvgIpc) is 2.63. The maximum absolute atomic E-state index is 13.2. The van der Waals surface area contributed by atoms with Crippen LogP contribution in [0.25, 0.3) is 22.6 Å². The van der Waals surface area contributed by atoms with Gasteiger partial charge in [-0.2, -0.15) is 18.3 Å². The molecule has 3 aromatic rings. The van der Waals surface area contributed by atoms with Crippen LogP contribution in [-0.4, -0.2) is 35.3 Å². The fraction of sp³-hybridized carbons (Fsp3) is 0.0667. The molecule has 2 aromatic heterocycles. The summed E-state index contributed by atoms with van der Waals surface area (Å²) in [6, 6.07) is 2.61. The van der Waals surface area contributed by atoms with Crippen molar-refractivity contribution in [3.8, 4) is 34.1 Å². The summed E-state index contributed by atoms with van der Waals surface area (Å²) < 4.78 is 39.5. The van der Waals surface area contributed by atoms with Gasteiger partial charge in [0.15, 0.2) is 11.6 Å². The molecular formula is C15H8F3N5O4. The number of hydrogen-bond acceptors (Lipinski definition) is 8. The van der Waals surface area contributed by atoms with Crippen molar-refractivity contribution in [2.45, 2.75) is 6.18 Å². The molecule has 0 aliphatic heterocycles. The smallest absolute Gasteiger partial charge is 0.417 e. The number of nitro groups is 1. The summed E-state index contributed by atoms with van der Waals surface area (Å²) in [5.41, 5.74) is -2.42. The molecule has 12 heteroatoms. The number of aromatic nitrogens is 4. The van der Waals surface area contributed by atoms with Crippen molar-refractivity contribution >= 4 is 5.69 Å². The van der Waals surface area contributed by atoms with E-state index in [0.717, 1.165) is 36.8 Å². The molecule has 0 bridgehead atoms. The fourth-order valence-corrected chi connectivity index (χ4v) is 2.27. The molecule has 3 rings (SSSR count). The fourth-order valence-electron chi connectivity index (χ4n) is 2.27. The Kier molecular flexibility index (Phi) is 4.31. The van der Waals surface area contributed by atoms with Gasteiger partial charge in [-0.25, -0.2) is 4.98 Å². The Morgan fingerprint density at radius 1 is 1.15 bits per heavy atom. The third-order valence-electron chi connectivity index (χ3n) is 3.49. The van der Waals surface area contributed by atoms with Gasteiger partial charge in [0.05, 0.1) is 27.9 Å². The molecule has 2 heterocycles. The van der Waals surface area contributed by atoms with Gasteiger partial charge in [-0.3, -0.25) is 15.1 Å². The highest BCUT2D eigenvalue weighted by atomic mass is 19.4. The number of halogens is 3. The second-order valence-electron chi connectivity index (χ2n) is 5.20. The van der Waals surface area contributed by atoms with Crippen LogP contribution in [0.4, 0.5) is 18.9 Å². The molecule has 0 spiro atoms. The van der Waals surface area contributed by atoms with Gasteiger partial charge in [-0.1, -0.05) is 0 Å². The van der Waals surface area contributed by atoms with Crippen LogP contribution in [0.5, 0.6) is 11.5 Å². The van der Waals surface area contributed by atoms with E-state index < -0.39 is 45.2 Å². The minimum Gasteiger partial charge on any atom is -0.504 e. The molecule has 0 saturated heterocycles. The van der Waals surface area contributed by atoms with Crippen LogP contribution < -0.4 is 0 Å². The Labute approximate surface area is 147 Å². The maximum Gasteiger partial charge on any atom is 0.417 e. The third-order valence-corrected chi connectivity index (χ3v) is 3.49. The van der Waals surface area contributed by atoms with Crippen molar-refractivity contribution in [3.63, 3.8) is 0 Å². The topological polar surface area (TPSA) is 135 Å². The number of phenols is 2. The van der Waals surface area contributed by atoms with Crippen LogP contribution in [0.2, 0.25) is 0 Å². The minimum absolute atomic E-state index is 0.0504. The number of nitro benzene ring substituents is 1. The van der Waals surface area contributed by atoms with Gasteiger partial charge in [-0.05, 0) is 12.1 Å². The first-order valence-corrected chi connectivity index (χ1v) is 7.10. The first-order valence-electron chi connectivity index (χ1n) is 7.10. The molecule has 0 amide bonds. The van der Waals surface area contributed by atoms with Crippen LogP contribution in [0, 0.1) is 10.1 Å². The summed E-state index contributed by atoms with van der Waals surface area (Å²) in [4.78, 5) is 17.6. The van der Waals surface area contributed by atoms with Crippen LogP contribution in [0.3, 0.4) is 0 Å². The highest BCUT2D eigenvalue weighted by molar-refractivity contribution is 5.71. The highest BCUT2D eigenvalue weighted by Gasteiger charge is 2.34. The standard InChI is InChI=1S/C15H8F3N5O4/c16-15(17,18)9-1-2-19-5-8(9)14-21-10(6-20-22-14)7-3-11(23(26)27)13(25)12(24)4-7/h1-6,24-25H. The summed E-state index contributed by atoms with van der Waals surface area (Å²) in [5, 5.41) is 37.3. The normalized spacial score (nSPS) is 11.4. The van der Waals surface area contributed by atoms with Crippen molar-refractivity contribution in [3.05, 3.63) is 52.5 Å². The third kappa shape index (κ3) is 3.44. The number of phenolic OH excluding ortho intramolecular Hbond substituents is 2. The molecule has 0 saturated carbocycles. The maximum atomic E-state index is 13.2. The van der Waals surface area contributed by atoms with Gasteiger partial charge in [0.1, 0.15) is 0 Å². The summed E-state index contributed by atoms with van der Waals surface area (Å²) in [6.07, 6.45) is -1.76. The largest absolute Gasteiger partial charge is 0.504 e. The van der Waals surface area contributed by atoms with Crippen LogP contribution in [-0.2, 0) is 6.18 Å². The van der Waals surface area contributed by atoms with Crippen LogP contribution in [0.1, 0.15) is 5.56 Å². The lowest BCUT2D eigenvalue weighted by atomic mass is 10.1. The van der Waals surface area contributed by atoms with E-state index in [2.05, 4.69) is 20.2 Å². The van der Waals surface area contributed by atoms with E-state index in [4.69, 9.17) is 0 Å². The predicted octanol–water partition coefficient (Wildman–Crippen LogP) is 2.94. The Hall–Kier alpha value is -3.83. The van der Waals surface area contributed by atoms with Gasteiger partial charge in [0, 0.05) is 24.0 Å². The predicted molar refractivity (Wildman–Crippen MR) is 83.5 cm³/mol. The van der Waals surface area contributed by atoms with Gasteiger partial charge < -0.3 is 10.2 Å². The average molecular weight is 379 g/mol. The second kappa shape index (κ2) is 6.48. The zero-order chi connectivity index (χ0) is 19.8. The molecule has 138 valence electrons. The van der Waals surface area contributed by atoms with E-state index >= 15 is 0 Å². The van der Waals surface area contributed by atoms with E-state index in [0.29, 0.717) is 0 Å². The molecule has 2 N–H and O–H groups in total. The number of pyridine rings is 1. The lowest BCUT2D eigenvalue weighted by Crippen LogP contribution is -2.09. The first-order chi connectivity index (χ1) is 12.7. The highest BCUT2D eigenvalue weighted by Crippen LogP contribution is 2.39. The zero-order valence-electron chi connectivity index (χ0n) is 13.0. The Morgan fingerprint density at radius 2 is 1.89 bits per heavy atom. The number of hydrogen-bond donors (Lipinski definition) is 2. The van der Waals surface area contributed by atoms with Crippen LogP contribution in [0.15, 0.2) is 36.8 Å². The zero-order valence-corrected chi connectivity index (χ0v) is 13.0. The monoisotopic (exact) mass is 379 g/mol.